The zero-order chi connectivity index (χ0) is 9.40. The summed E-state index contributed by atoms with van der Waals surface area (Å²) in [7, 11) is 0. The fourth-order valence-corrected chi connectivity index (χ4v) is 0.879. The van der Waals surface area contributed by atoms with E-state index in [2.05, 4.69) is 12.2 Å². The standard InChI is InChI=1S/C9H20ClNO/c1-4-9(10)7-11-5-6-12-8(2)3/h8-9,11H,4-7H2,1-3H3. The largest absolute Gasteiger partial charge is 0.377 e. The molecule has 12 heavy (non-hydrogen) atoms. The van der Waals surface area contributed by atoms with Crippen LogP contribution in [0, 0.1) is 0 Å². The van der Waals surface area contributed by atoms with Gasteiger partial charge in [0.1, 0.15) is 0 Å². The number of nitrogens with one attached hydrogen (secondary N) is 1. The van der Waals surface area contributed by atoms with Gasteiger partial charge in [-0.05, 0) is 20.3 Å². The van der Waals surface area contributed by atoms with Crippen molar-refractivity contribution in [3.63, 3.8) is 0 Å². The van der Waals surface area contributed by atoms with Crippen LogP contribution in [0.5, 0.6) is 0 Å². The first-order valence-electron chi connectivity index (χ1n) is 4.63. The highest BCUT2D eigenvalue weighted by Gasteiger charge is 1.99. The number of hydrogen-bond donors (Lipinski definition) is 1. The molecule has 0 saturated heterocycles. The van der Waals surface area contributed by atoms with E-state index in [0.29, 0.717) is 6.10 Å². The molecule has 1 atom stereocenters. The van der Waals surface area contributed by atoms with Gasteiger partial charge in [-0.15, -0.1) is 11.6 Å². The number of hydrogen-bond acceptors (Lipinski definition) is 2. The molecule has 0 aromatic carbocycles. The van der Waals surface area contributed by atoms with E-state index in [1.54, 1.807) is 0 Å². The van der Waals surface area contributed by atoms with Crippen molar-refractivity contribution in [2.75, 3.05) is 19.7 Å². The molecule has 0 aliphatic carbocycles. The molecule has 0 rings (SSSR count). The molecule has 0 aromatic heterocycles. The van der Waals surface area contributed by atoms with Gasteiger partial charge in [0.05, 0.1) is 12.7 Å². The van der Waals surface area contributed by atoms with Gasteiger partial charge in [-0.1, -0.05) is 6.92 Å². The molecule has 0 heterocycles. The minimum Gasteiger partial charge on any atom is -0.377 e. The van der Waals surface area contributed by atoms with Crippen LogP contribution in [0.15, 0.2) is 0 Å². The van der Waals surface area contributed by atoms with Gasteiger partial charge in [-0.3, -0.25) is 0 Å². The van der Waals surface area contributed by atoms with Crippen LogP contribution >= 0.6 is 11.6 Å². The van der Waals surface area contributed by atoms with Gasteiger partial charge in [0, 0.05) is 18.5 Å². The van der Waals surface area contributed by atoms with Crippen LogP contribution in [0.3, 0.4) is 0 Å². The molecule has 0 amide bonds. The molecule has 0 saturated carbocycles. The molecule has 0 spiro atoms. The van der Waals surface area contributed by atoms with Crippen molar-refractivity contribution in [3.05, 3.63) is 0 Å². The van der Waals surface area contributed by atoms with Crippen molar-refractivity contribution in [1.29, 1.82) is 0 Å². The summed E-state index contributed by atoms with van der Waals surface area (Å²) in [6.45, 7) is 8.70. The van der Waals surface area contributed by atoms with Crippen molar-refractivity contribution >= 4 is 11.6 Å². The smallest absolute Gasteiger partial charge is 0.0594 e. The third-order valence-electron chi connectivity index (χ3n) is 1.54. The number of halogens is 1. The van der Waals surface area contributed by atoms with Crippen molar-refractivity contribution in [2.45, 2.75) is 38.7 Å². The first kappa shape index (κ1) is 12.2. The lowest BCUT2D eigenvalue weighted by Crippen LogP contribution is -2.27. The van der Waals surface area contributed by atoms with Crippen LogP contribution in [-0.4, -0.2) is 31.2 Å². The summed E-state index contributed by atoms with van der Waals surface area (Å²) in [6, 6.07) is 0. The summed E-state index contributed by atoms with van der Waals surface area (Å²) in [6.07, 6.45) is 1.34. The predicted molar refractivity (Wildman–Crippen MR) is 53.9 cm³/mol. The number of alkyl halides is 1. The first-order chi connectivity index (χ1) is 5.66. The minimum absolute atomic E-state index is 0.254. The van der Waals surface area contributed by atoms with Crippen LogP contribution in [0.2, 0.25) is 0 Å². The quantitative estimate of drug-likeness (QED) is 0.494. The summed E-state index contributed by atoms with van der Waals surface area (Å²) in [5.74, 6) is 0. The maximum Gasteiger partial charge on any atom is 0.0594 e. The van der Waals surface area contributed by atoms with E-state index in [9.17, 15) is 0 Å². The van der Waals surface area contributed by atoms with Gasteiger partial charge in [0.15, 0.2) is 0 Å². The Morgan fingerprint density at radius 2 is 2.08 bits per heavy atom. The lowest BCUT2D eigenvalue weighted by molar-refractivity contribution is 0.0809. The van der Waals surface area contributed by atoms with E-state index in [4.69, 9.17) is 16.3 Å². The molecule has 1 N–H and O–H groups in total. The van der Waals surface area contributed by atoms with Crippen molar-refractivity contribution in [3.8, 4) is 0 Å². The van der Waals surface area contributed by atoms with Crippen LogP contribution in [0.1, 0.15) is 27.2 Å². The predicted octanol–water partition coefficient (Wildman–Crippen LogP) is 2.02. The zero-order valence-corrected chi connectivity index (χ0v) is 9.03. The van der Waals surface area contributed by atoms with Gasteiger partial charge >= 0.3 is 0 Å². The highest BCUT2D eigenvalue weighted by Crippen LogP contribution is 1.97. The molecule has 0 bridgehead atoms. The Balaban J connectivity index is 3.00. The van der Waals surface area contributed by atoms with Gasteiger partial charge < -0.3 is 10.1 Å². The minimum atomic E-state index is 0.254. The molecule has 74 valence electrons. The Morgan fingerprint density at radius 1 is 1.42 bits per heavy atom. The summed E-state index contributed by atoms with van der Waals surface area (Å²) in [4.78, 5) is 0. The number of ether oxygens (including phenoxy) is 1. The normalized spacial score (nSPS) is 13.8. The highest BCUT2D eigenvalue weighted by molar-refractivity contribution is 6.20. The fraction of sp³-hybridized carbons (Fsp3) is 1.00. The first-order valence-corrected chi connectivity index (χ1v) is 5.06. The van der Waals surface area contributed by atoms with Crippen LogP contribution in [0.25, 0.3) is 0 Å². The van der Waals surface area contributed by atoms with E-state index in [0.717, 1.165) is 26.1 Å². The van der Waals surface area contributed by atoms with E-state index < -0.39 is 0 Å². The Hall–Kier alpha value is 0.210. The lowest BCUT2D eigenvalue weighted by Gasteiger charge is -2.10. The molecular formula is C9H20ClNO. The average Bonchev–Trinajstić information content (AvgIpc) is 2.03. The second-order valence-electron chi connectivity index (χ2n) is 3.13. The van der Waals surface area contributed by atoms with Gasteiger partial charge in [-0.25, -0.2) is 0 Å². The second-order valence-corrected chi connectivity index (χ2v) is 3.75. The van der Waals surface area contributed by atoms with Crippen LogP contribution < -0.4 is 5.32 Å². The van der Waals surface area contributed by atoms with Crippen molar-refractivity contribution < 1.29 is 4.74 Å². The van der Waals surface area contributed by atoms with E-state index in [1.165, 1.54) is 0 Å². The Morgan fingerprint density at radius 3 is 2.58 bits per heavy atom. The molecule has 0 aliphatic rings. The molecular weight excluding hydrogens is 174 g/mol. The molecule has 0 fully saturated rings. The zero-order valence-electron chi connectivity index (χ0n) is 8.27. The Kier molecular flexibility index (Phi) is 7.98. The highest BCUT2D eigenvalue weighted by atomic mass is 35.5. The molecule has 0 aromatic rings. The summed E-state index contributed by atoms with van der Waals surface area (Å²) >= 11 is 5.90. The summed E-state index contributed by atoms with van der Waals surface area (Å²) in [5, 5.41) is 3.49. The third kappa shape index (κ3) is 8.31. The SMILES string of the molecule is CCC(Cl)CNCCOC(C)C. The summed E-state index contributed by atoms with van der Waals surface area (Å²) < 4.78 is 5.35. The average molecular weight is 194 g/mol. The molecule has 0 radical (unpaired) electrons. The van der Waals surface area contributed by atoms with Crippen molar-refractivity contribution in [1.82, 2.24) is 5.32 Å². The maximum atomic E-state index is 5.90. The van der Waals surface area contributed by atoms with E-state index >= 15 is 0 Å². The van der Waals surface area contributed by atoms with E-state index in [-0.39, 0.29) is 5.38 Å². The Labute approximate surface area is 80.6 Å². The molecule has 3 heteroatoms. The van der Waals surface area contributed by atoms with Crippen LogP contribution in [-0.2, 0) is 4.74 Å². The maximum absolute atomic E-state index is 5.90. The third-order valence-corrected chi connectivity index (χ3v) is 2.00. The monoisotopic (exact) mass is 193 g/mol. The summed E-state index contributed by atoms with van der Waals surface area (Å²) in [5.41, 5.74) is 0. The second kappa shape index (κ2) is 7.84. The molecule has 2 nitrogen and oxygen atoms in total. The van der Waals surface area contributed by atoms with Gasteiger partial charge in [0.25, 0.3) is 0 Å². The number of rotatable bonds is 7. The lowest BCUT2D eigenvalue weighted by atomic mass is 10.3. The molecule has 0 aliphatic heterocycles. The topological polar surface area (TPSA) is 21.3 Å². The van der Waals surface area contributed by atoms with Crippen molar-refractivity contribution in [2.24, 2.45) is 0 Å². The molecule has 1 unspecified atom stereocenters. The van der Waals surface area contributed by atoms with Gasteiger partial charge in [-0.2, -0.15) is 0 Å². The Bertz CT molecular complexity index is 98.5. The fourth-order valence-electron chi connectivity index (χ4n) is 0.770. The van der Waals surface area contributed by atoms with Gasteiger partial charge in [0.2, 0.25) is 0 Å². The van der Waals surface area contributed by atoms with Crippen LogP contribution in [0.4, 0.5) is 0 Å². The van der Waals surface area contributed by atoms with E-state index in [1.807, 2.05) is 13.8 Å².